The minimum Gasteiger partial charge on any atom is -0.370 e. The normalized spacial score (nSPS) is 20.7. The predicted octanol–water partition coefficient (Wildman–Crippen LogP) is 6.41. The highest BCUT2D eigenvalue weighted by Crippen LogP contribution is 2.29. The number of methoxy groups -OCH3 is 1. The first-order chi connectivity index (χ1) is 20.3. The third kappa shape index (κ3) is 8.81. The van der Waals surface area contributed by atoms with Crippen molar-refractivity contribution in [1.29, 1.82) is 0 Å². The van der Waals surface area contributed by atoms with E-state index in [-0.39, 0.29) is 12.0 Å². The molecule has 1 saturated heterocycles. The first kappa shape index (κ1) is 29.1. The maximum absolute atomic E-state index is 6.60. The topological polar surface area (TPSA) is 49.4 Å². The summed E-state index contributed by atoms with van der Waals surface area (Å²) in [5.41, 5.74) is 4.55. The number of rotatable bonds is 14. The van der Waals surface area contributed by atoms with Crippen molar-refractivity contribution < 1.29 is 23.8 Å². The van der Waals surface area contributed by atoms with E-state index in [1.54, 1.807) is 7.11 Å². The Morgan fingerprint density at radius 1 is 0.610 bits per heavy atom. The molecule has 1 aliphatic rings. The van der Waals surface area contributed by atoms with Crippen LogP contribution in [-0.2, 0) is 50.1 Å². The number of hydrogen-bond donors (Lipinski definition) is 0. The first-order valence-electron chi connectivity index (χ1n) is 14.2. The Balaban J connectivity index is 1.32. The van der Waals surface area contributed by atoms with Crippen molar-refractivity contribution in [2.45, 2.75) is 44.8 Å². The second kappa shape index (κ2) is 15.6. The summed E-state index contributed by atoms with van der Waals surface area (Å²) < 4.78 is 25.0. The zero-order chi connectivity index (χ0) is 28.1. The van der Waals surface area contributed by atoms with Gasteiger partial charge in [-0.2, -0.15) is 5.06 Å². The Kier molecular flexibility index (Phi) is 11.1. The van der Waals surface area contributed by atoms with Crippen LogP contribution < -0.4 is 0 Å². The lowest BCUT2D eigenvalue weighted by Crippen LogP contribution is -2.54. The van der Waals surface area contributed by atoms with Crippen molar-refractivity contribution in [1.82, 2.24) is 5.06 Å². The van der Waals surface area contributed by atoms with Crippen LogP contribution >= 0.6 is 0 Å². The summed E-state index contributed by atoms with van der Waals surface area (Å²) >= 11 is 0. The molecule has 214 valence electrons. The molecule has 0 spiro atoms. The number of hydrogen-bond acceptors (Lipinski definition) is 6. The first-order valence-corrected chi connectivity index (χ1v) is 14.2. The van der Waals surface area contributed by atoms with E-state index in [1.165, 1.54) is 11.1 Å². The summed E-state index contributed by atoms with van der Waals surface area (Å²) in [4.78, 5) is 6.53. The summed E-state index contributed by atoms with van der Waals surface area (Å²) in [6.45, 7) is 3.07. The van der Waals surface area contributed by atoms with Crippen LogP contribution in [0.5, 0.6) is 0 Å². The van der Waals surface area contributed by atoms with Gasteiger partial charge < -0.3 is 18.9 Å². The lowest BCUT2D eigenvalue weighted by molar-refractivity contribution is -0.291. The zero-order valence-electron chi connectivity index (χ0n) is 23.6. The van der Waals surface area contributed by atoms with Crippen molar-refractivity contribution in [2.75, 3.05) is 20.3 Å². The van der Waals surface area contributed by atoms with Gasteiger partial charge in [0.1, 0.15) is 6.10 Å². The third-order valence-corrected chi connectivity index (χ3v) is 7.21. The van der Waals surface area contributed by atoms with Gasteiger partial charge in [-0.1, -0.05) is 121 Å². The van der Waals surface area contributed by atoms with Crippen LogP contribution in [0, 0.1) is 5.92 Å². The van der Waals surface area contributed by atoms with Crippen LogP contribution in [0.15, 0.2) is 121 Å². The molecule has 2 unspecified atom stereocenters. The van der Waals surface area contributed by atoms with Gasteiger partial charge in [-0.25, -0.2) is 0 Å². The number of nitrogens with zero attached hydrogens (tertiary/aromatic N) is 1. The van der Waals surface area contributed by atoms with Crippen LogP contribution in [0.4, 0.5) is 0 Å². The summed E-state index contributed by atoms with van der Waals surface area (Å²) in [6.07, 6.45) is -1.27. The predicted molar refractivity (Wildman–Crippen MR) is 158 cm³/mol. The van der Waals surface area contributed by atoms with Crippen molar-refractivity contribution >= 4 is 0 Å². The van der Waals surface area contributed by atoms with E-state index >= 15 is 0 Å². The summed E-state index contributed by atoms with van der Waals surface area (Å²) in [6, 6.07) is 41.1. The van der Waals surface area contributed by atoms with Crippen LogP contribution in [0.25, 0.3) is 0 Å². The second-order valence-corrected chi connectivity index (χ2v) is 10.3. The Bertz CT molecular complexity index is 1220. The fourth-order valence-corrected chi connectivity index (χ4v) is 5.04. The Morgan fingerprint density at radius 2 is 1.05 bits per heavy atom. The van der Waals surface area contributed by atoms with Crippen LogP contribution in [0.3, 0.4) is 0 Å². The van der Waals surface area contributed by atoms with Gasteiger partial charge in [0.15, 0.2) is 6.29 Å². The molecule has 1 fully saturated rings. The number of hydroxylamine groups is 2. The monoisotopic (exact) mass is 553 g/mol. The smallest absolute Gasteiger partial charge is 0.185 e. The standard InChI is InChI=1S/C35H39NO5/c1-37-35-34(39-25-31-20-12-5-13-21-31)33(38-24-30-18-10-4-11-19-30)32(26-40-35)27-41-36(22-28-14-6-2-7-15-28)23-29-16-8-3-9-17-29/h2-21,32-35H,22-27H2,1H3/t32-,33?,34?,35-/m1/s1. The molecule has 0 N–H and O–H groups in total. The van der Waals surface area contributed by atoms with E-state index in [0.717, 1.165) is 11.1 Å². The molecule has 1 heterocycles. The Labute approximate surface area is 243 Å². The maximum atomic E-state index is 6.60. The average molecular weight is 554 g/mol. The lowest BCUT2D eigenvalue weighted by Gasteiger charge is -2.42. The Morgan fingerprint density at radius 3 is 1.51 bits per heavy atom. The van der Waals surface area contributed by atoms with Crippen LogP contribution in [0.2, 0.25) is 0 Å². The molecule has 0 amide bonds. The highest BCUT2D eigenvalue weighted by Gasteiger charge is 2.43. The zero-order valence-corrected chi connectivity index (χ0v) is 23.6. The van der Waals surface area contributed by atoms with Crippen molar-refractivity contribution in [2.24, 2.45) is 5.92 Å². The fourth-order valence-electron chi connectivity index (χ4n) is 5.04. The highest BCUT2D eigenvalue weighted by molar-refractivity contribution is 5.17. The van der Waals surface area contributed by atoms with Gasteiger partial charge in [-0.15, -0.1) is 0 Å². The van der Waals surface area contributed by atoms with Gasteiger partial charge in [0.2, 0.25) is 0 Å². The van der Waals surface area contributed by atoms with Crippen molar-refractivity contribution in [3.05, 3.63) is 144 Å². The molecule has 4 atom stereocenters. The van der Waals surface area contributed by atoms with Crippen molar-refractivity contribution in [3.8, 4) is 0 Å². The van der Waals surface area contributed by atoms with Crippen LogP contribution in [0.1, 0.15) is 22.3 Å². The van der Waals surface area contributed by atoms with Crippen LogP contribution in [-0.4, -0.2) is 43.9 Å². The van der Waals surface area contributed by atoms with E-state index < -0.39 is 12.4 Å². The fraction of sp³-hybridized carbons (Fsp3) is 0.314. The molecule has 0 aliphatic carbocycles. The highest BCUT2D eigenvalue weighted by atomic mass is 16.7. The number of ether oxygens (including phenoxy) is 4. The molecule has 41 heavy (non-hydrogen) atoms. The molecule has 1 aliphatic heterocycles. The largest absolute Gasteiger partial charge is 0.370 e. The van der Waals surface area contributed by atoms with Gasteiger partial charge >= 0.3 is 0 Å². The molecule has 4 aromatic carbocycles. The average Bonchev–Trinajstić information content (AvgIpc) is 3.03. The molecule has 4 aromatic rings. The molecule has 6 heteroatoms. The molecule has 0 bridgehead atoms. The van der Waals surface area contributed by atoms with Gasteiger partial charge in [-0.3, -0.25) is 4.84 Å². The van der Waals surface area contributed by atoms with E-state index in [4.69, 9.17) is 23.8 Å². The molecule has 0 saturated carbocycles. The van der Waals surface area contributed by atoms with E-state index in [1.807, 2.05) is 53.6 Å². The van der Waals surface area contributed by atoms with E-state index in [2.05, 4.69) is 72.8 Å². The van der Waals surface area contributed by atoms with Gasteiger partial charge in [0.05, 0.1) is 32.5 Å². The lowest BCUT2D eigenvalue weighted by atomic mass is 9.95. The van der Waals surface area contributed by atoms with Gasteiger partial charge in [-0.05, 0) is 22.3 Å². The summed E-state index contributed by atoms with van der Waals surface area (Å²) in [7, 11) is 1.65. The summed E-state index contributed by atoms with van der Waals surface area (Å²) in [5.74, 6) is -0.0695. The Hall–Kier alpha value is -3.36. The summed E-state index contributed by atoms with van der Waals surface area (Å²) in [5, 5.41) is 2.02. The molecule has 5 rings (SSSR count). The minimum atomic E-state index is -0.541. The third-order valence-electron chi connectivity index (χ3n) is 7.21. The molecule has 0 aromatic heterocycles. The molecular formula is C35H39NO5. The maximum Gasteiger partial charge on any atom is 0.185 e. The molecule has 6 nitrogen and oxygen atoms in total. The van der Waals surface area contributed by atoms with Crippen molar-refractivity contribution in [3.63, 3.8) is 0 Å². The molecular weight excluding hydrogens is 514 g/mol. The second-order valence-electron chi connectivity index (χ2n) is 10.3. The van der Waals surface area contributed by atoms with E-state index in [9.17, 15) is 0 Å². The quantitative estimate of drug-likeness (QED) is 0.168. The SMILES string of the molecule is CO[C@@H]1OC[C@H](CON(Cc2ccccc2)Cc2ccccc2)C(OCc2ccccc2)C1OCc1ccccc1. The van der Waals surface area contributed by atoms with E-state index in [0.29, 0.717) is 39.5 Å². The molecule has 0 radical (unpaired) electrons. The van der Waals surface area contributed by atoms with Gasteiger partial charge in [0, 0.05) is 26.1 Å². The minimum absolute atomic E-state index is 0.0695. The number of benzene rings is 4. The van der Waals surface area contributed by atoms with Gasteiger partial charge in [0.25, 0.3) is 0 Å².